The van der Waals surface area contributed by atoms with Gasteiger partial charge in [0, 0.05) is 0 Å². The van der Waals surface area contributed by atoms with Crippen molar-refractivity contribution in [1.82, 2.24) is 15.4 Å². The van der Waals surface area contributed by atoms with Gasteiger partial charge in [-0.1, -0.05) is 0 Å². The predicted molar refractivity (Wildman–Crippen MR) is 29.5 cm³/mol. The molecule has 1 heterocycles. The molecule has 0 bridgehead atoms. The maximum Gasteiger partial charge on any atom is 0.114 e. The van der Waals surface area contributed by atoms with Crippen LogP contribution in [-0.2, 0) is 5.60 Å². The molecule has 2 rings (SSSR count). The van der Waals surface area contributed by atoms with E-state index in [0.29, 0.717) is 5.69 Å². The number of nitrogens with zero attached hydrogens (tertiary/aromatic N) is 2. The second-order valence-corrected chi connectivity index (χ2v) is 2.39. The molecule has 0 saturated heterocycles. The van der Waals surface area contributed by atoms with Crippen molar-refractivity contribution in [3.8, 4) is 0 Å². The second kappa shape index (κ2) is 1.33. The predicted octanol–water partition coefficient (Wildman–Crippen LogP) is -0.214. The Morgan fingerprint density at radius 3 is 2.89 bits per heavy atom. The molecule has 1 saturated carbocycles. The first kappa shape index (κ1) is 4.93. The molecule has 0 aromatic carbocycles. The maximum absolute atomic E-state index is 9.37. The standard InChI is InChI=1S/C5H7N3O/c9-5(1-2-5)4-3-6-8-7-4/h3,9H,1-2H2,(H,6,7,8). The summed E-state index contributed by atoms with van der Waals surface area (Å²) in [5, 5.41) is 19.2. The van der Waals surface area contributed by atoms with E-state index in [-0.39, 0.29) is 0 Å². The first-order valence-electron chi connectivity index (χ1n) is 2.90. The highest BCUT2D eigenvalue weighted by Crippen LogP contribution is 2.43. The molecule has 48 valence electrons. The van der Waals surface area contributed by atoms with Crippen LogP contribution in [0.1, 0.15) is 18.5 Å². The molecular formula is C5H7N3O. The Morgan fingerprint density at radius 1 is 1.67 bits per heavy atom. The van der Waals surface area contributed by atoms with Crippen LogP contribution in [0.5, 0.6) is 0 Å². The largest absolute Gasteiger partial charge is 0.383 e. The van der Waals surface area contributed by atoms with Gasteiger partial charge in [-0.15, -0.1) is 0 Å². The molecule has 0 spiro atoms. The normalized spacial score (nSPS) is 21.9. The summed E-state index contributed by atoms with van der Waals surface area (Å²) in [5.41, 5.74) is 0.0370. The van der Waals surface area contributed by atoms with Crippen LogP contribution in [0.15, 0.2) is 6.20 Å². The molecule has 1 aliphatic carbocycles. The van der Waals surface area contributed by atoms with E-state index in [2.05, 4.69) is 15.4 Å². The van der Waals surface area contributed by atoms with Crippen molar-refractivity contribution in [3.63, 3.8) is 0 Å². The Kier molecular flexibility index (Phi) is 0.728. The SMILES string of the molecule is OC1(c2cn[nH]n2)CC1. The van der Waals surface area contributed by atoms with Crippen LogP contribution < -0.4 is 0 Å². The van der Waals surface area contributed by atoms with Gasteiger partial charge in [0.2, 0.25) is 0 Å². The van der Waals surface area contributed by atoms with E-state index in [4.69, 9.17) is 0 Å². The van der Waals surface area contributed by atoms with Gasteiger partial charge >= 0.3 is 0 Å². The van der Waals surface area contributed by atoms with Gasteiger partial charge in [-0.25, -0.2) is 0 Å². The van der Waals surface area contributed by atoms with Gasteiger partial charge in [0.05, 0.1) is 6.20 Å². The molecular weight excluding hydrogens is 118 g/mol. The third-order valence-electron chi connectivity index (χ3n) is 1.62. The second-order valence-electron chi connectivity index (χ2n) is 2.39. The lowest BCUT2D eigenvalue weighted by Gasteiger charge is -1.97. The Balaban J connectivity index is 2.34. The van der Waals surface area contributed by atoms with Crippen molar-refractivity contribution in [3.05, 3.63) is 11.9 Å². The zero-order valence-electron chi connectivity index (χ0n) is 4.83. The lowest BCUT2D eigenvalue weighted by Crippen LogP contribution is -2.03. The fourth-order valence-electron chi connectivity index (χ4n) is 0.800. The molecule has 1 aliphatic rings. The van der Waals surface area contributed by atoms with E-state index in [1.165, 1.54) is 0 Å². The zero-order valence-corrected chi connectivity index (χ0v) is 4.83. The monoisotopic (exact) mass is 125 g/mol. The third-order valence-corrected chi connectivity index (χ3v) is 1.62. The van der Waals surface area contributed by atoms with Crippen LogP contribution in [0.2, 0.25) is 0 Å². The van der Waals surface area contributed by atoms with E-state index in [1.807, 2.05) is 0 Å². The van der Waals surface area contributed by atoms with Crippen LogP contribution >= 0.6 is 0 Å². The molecule has 1 aromatic heterocycles. The van der Waals surface area contributed by atoms with Crippen molar-refractivity contribution in [2.24, 2.45) is 0 Å². The fourth-order valence-corrected chi connectivity index (χ4v) is 0.800. The summed E-state index contributed by atoms with van der Waals surface area (Å²) in [5.74, 6) is 0. The van der Waals surface area contributed by atoms with Gasteiger partial charge in [0.15, 0.2) is 0 Å². The molecule has 0 aliphatic heterocycles. The van der Waals surface area contributed by atoms with E-state index in [1.54, 1.807) is 6.20 Å². The zero-order chi connectivity index (χ0) is 6.32. The molecule has 0 atom stereocenters. The Bertz CT molecular complexity index is 202. The van der Waals surface area contributed by atoms with Crippen molar-refractivity contribution in [2.75, 3.05) is 0 Å². The average molecular weight is 125 g/mol. The topological polar surface area (TPSA) is 61.8 Å². The fraction of sp³-hybridized carbons (Fsp3) is 0.600. The minimum absolute atomic E-state index is 0.632. The number of hydrogen-bond acceptors (Lipinski definition) is 3. The third kappa shape index (κ3) is 0.632. The average Bonchev–Trinajstić information content (AvgIpc) is 2.46. The van der Waals surface area contributed by atoms with E-state index in [0.717, 1.165) is 12.8 Å². The van der Waals surface area contributed by atoms with Gasteiger partial charge in [-0.3, -0.25) is 0 Å². The minimum atomic E-state index is -0.632. The van der Waals surface area contributed by atoms with Crippen molar-refractivity contribution >= 4 is 0 Å². The lowest BCUT2D eigenvalue weighted by atomic mass is 10.3. The number of rotatable bonds is 1. The highest BCUT2D eigenvalue weighted by molar-refractivity contribution is 5.13. The number of hydrogen-bond donors (Lipinski definition) is 2. The van der Waals surface area contributed by atoms with Crippen molar-refractivity contribution in [2.45, 2.75) is 18.4 Å². The minimum Gasteiger partial charge on any atom is -0.383 e. The lowest BCUT2D eigenvalue weighted by molar-refractivity contribution is 0.146. The molecule has 9 heavy (non-hydrogen) atoms. The summed E-state index contributed by atoms with van der Waals surface area (Å²) in [6.07, 6.45) is 3.20. The van der Waals surface area contributed by atoms with Crippen LogP contribution in [0.4, 0.5) is 0 Å². The number of H-pyrrole nitrogens is 1. The van der Waals surface area contributed by atoms with E-state index < -0.39 is 5.60 Å². The van der Waals surface area contributed by atoms with Crippen LogP contribution in [0, 0.1) is 0 Å². The number of nitrogens with one attached hydrogen (secondary N) is 1. The van der Waals surface area contributed by atoms with E-state index >= 15 is 0 Å². The van der Waals surface area contributed by atoms with Crippen LogP contribution in [-0.4, -0.2) is 20.5 Å². The molecule has 1 aromatic rings. The molecule has 1 fully saturated rings. The maximum atomic E-state index is 9.37. The molecule has 0 unspecified atom stereocenters. The molecule has 2 N–H and O–H groups in total. The number of aromatic nitrogens is 3. The first-order valence-corrected chi connectivity index (χ1v) is 2.90. The van der Waals surface area contributed by atoms with Gasteiger partial charge in [0.25, 0.3) is 0 Å². The summed E-state index contributed by atoms with van der Waals surface area (Å²) in [6, 6.07) is 0. The molecule has 4 nitrogen and oxygen atoms in total. The van der Waals surface area contributed by atoms with Gasteiger partial charge in [-0.05, 0) is 12.8 Å². The van der Waals surface area contributed by atoms with Gasteiger partial charge in [-0.2, -0.15) is 15.4 Å². The summed E-state index contributed by atoms with van der Waals surface area (Å²) < 4.78 is 0. The Labute approximate surface area is 51.9 Å². The van der Waals surface area contributed by atoms with Gasteiger partial charge in [0.1, 0.15) is 11.3 Å². The summed E-state index contributed by atoms with van der Waals surface area (Å²) in [7, 11) is 0. The van der Waals surface area contributed by atoms with Crippen LogP contribution in [0.25, 0.3) is 0 Å². The van der Waals surface area contributed by atoms with Gasteiger partial charge < -0.3 is 5.11 Å². The first-order chi connectivity index (χ1) is 4.31. The smallest absolute Gasteiger partial charge is 0.114 e. The molecule has 0 amide bonds. The van der Waals surface area contributed by atoms with E-state index in [9.17, 15) is 5.11 Å². The Hall–Kier alpha value is -0.900. The highest BCUT2D eigenvalue weighted by Gasteiger charge is 2.44. The number of aromatic amines is 1. The Morgan fingerprint density at radius 2 is 2.44 bits per heavy atom. The number of aliphatic hydroxyl groups is 1. The summed E-state index contributed by atoms with van der Waals surface area (Å²) in [6.45, 7) is 0. The molecule has 0 radical (unpaired) electrons. The van der Waals surface area contributed by atoms with Crippen LogP contribution in [0.3, 0.4) is 0 Å². The van der Waals surface area contributed by atoms with Crippen molar-refractivity contribution < 1.29 is 5.11 Å². The molecule has 4 heteroatoms. The van der Waals surface area contributed by atoms with Crippen molar-refractivity contribution in [1.29, 1.82) is 0 Å². The quantitative estimate of drug-likeness (QED) is 0.545. The summed E-state index contributed by atoms with van der Waals surface area (Å²) >= 11 is 0. The summed E-state index contributed by atoms with van der Waals surface area (Å²) in [4.78, 5) is 0. The highest BCUT2D eigenvalue weighted by atomic mass is 16.3.